The Morgan fingerprint density at radius 3 is 2.50 bits per heavy atom. The summed E-state index contributed by atoms with van der Waals surface area (Å²) >= 11 is 0. The molecule has 0 aliphatic rings. The quantitative estimate of drug-likeness (QED) is 0.720. The fraction of sp³-hybridized carbons (Fsp3) is 0.647. The van der Waals surface area contributed by atoms with Crippen LogP contribution in [0.3, 0.4) is 0 Å². The minimum absolute atomic E-state index is 0.671. The van der Waals surface area contributed by atoms with Crippen molar-refractivity contribution in [3.05, 3.63) is 35.4 Å². The van der Waals surface area contributed by atoms with Gasteiger partial charge in [-0.25, -0.2) is 0 Å². The van der Waals surface area contributed by atoms with Crippen molar-refractivity contribution in [2.75, 3.05) is 6.54 Å². The molecule has 2 unspecified atom stereocenters. The molecule has 0 radical (unpaired) electrons. The summed E-state index contributed by atoms with van der Waals surface area (Å²) in [6.45, 7) is 10.1. The molecule has 1 rings (SSSR count). The Bertz CT molecular complexity index is 332. The summed E-state index contributed by atoms with van der Waals surface area (Å²) in [7, 11) is 0. The summed E-state index contributed by atoms with van der Waals surface area (Å²) in [5, 5.41) is 3.64. The largest absolute Gasteiger partial charge is 0.314 e. The van der Waals surface area contributed by atoms with Gasteiger partial charge in [-0.2, -0.15) is 0 Å². The molecule has 0 bridgehead atoms. The van der Waals surface area contributed by atoms with Crippen molar-refractivity contribution in [1.82, 2.24) is 5.32 Å². The highest BCUT2D eigenvalue weighted by Gasteiger charge is 2.11. The summed E-state index contributed by atoms with van der Waals surface area (Å²) < 4.78 is 0. The lowest BCUT2D eigenvalue weighted by atomic mass is 9.94. The van der Waals surface area contributed by atoms with E-state index in [4.69, 9.17) is 0 Å². The molecular weight excluding hydrogens is 218 g/mol. The van der Waals surface area contributed by atoms with E-state index in [1.54, 1.807) is 0 Å². The smallest absolute Gasteiger partial charge is 0.00726 e. The van der Waals surface area contributed by atoms with Gasteiger partial charge in [0, 0.05) is 6.04 Å². The molecule has 0 amide bonds. The highest BCUT2D eigenvalue weighted by atomic mass is 14.9. The lowest BCUT2D eigenvalue weighted by Crippen LogP contribution is -2.31. The molecule has 0 aliphatic heterocycles. The zero-order chi connectivity index (χ0) is 13.4. The van der Waals surface area contributed by atoms with Crippen LogP contribution in [0.15, 0.2) is 24.3 Å². The van der Waals surface area contributed by atoms with Crippen LogP contribution in [0.25, 0.3) is 0 Å². The molecule has 0 aromatic heterocycles. The number of rotatable bonds is 8. The van der Waals surface area contributed by atoms with Gasteiger partial charge in [-0.05, 0) is 49.8 Å². The highest BCUT2D eigenvalue weighted by molar-refractivity contribution is 5.25. The third kappa shape index (κ3) is 5.22. The second kappa shape index (κ2) is 8.31. The number of benzene rings is 1. The van der Waals surface area contributed by atoms with Crippen molar-refractivity contribution >= 4 is 0 Å². The van der Waals surface area contributed by atoms with E-state index >= 15 is 0 Å². The number of hydrogen-bond donors (Lipinski definition) is 1. The first-order valence-electron chi connectivity index (χ1n) is 7.45. The zero-order valence-corrected chi connectivity index (χ0v) is 12.5. The summed E-state index contributed by atoms with van der Waals surface area (Å²) in [4.78, 5) is 0. The molecule has 1 N–H and O–H groups in total. The number of hydrogen-bond acceptors (Lipinski definition) is 1. The summed E-state index contributed by atoms with van der Waals surface area (Å²) in [5.41, 5.74) is 2.93. The monoisotopic (exact) mass is 247 g/mol. The molecule has 0 fully saturated rings. The lowest BCUT2D eigenvalue weighted by Gasteiger charge is -2.21. The predicted octanol–water partition coefficient (Wildman–Crippen LogP) is 4.34. The van der Waals surface area contributed by atoms with E-state index < -0.39 is 0 Å². The minimum Gasteiger partial charge on any atom is -0.314 e. The maximum atomic E-state index is 3.64. The molecule has 0 saturated carbocycles. The van der Waals surface area contributed by atoms with E-state index in [1.165, 1.54) is 36.8 Å². The molecule has 18 heavy (non-hydrogen) atoms. The second-order valence-corrected chi connectivity index (χ2v) is 5.47. The Hall–Kier alpha value is -0.820. The maximum Gasteiger partial charge on any atom is 0.00726 e. The fourth-order valence-electron chi connectivity index (χ4n) is 2.46. The predicted molar refractivity (Wildman–Crippen MR) is 81.0 cm³/mol. The van der Waals surface area contributed by atoms with Crippen LogP contribution in [-0.4, -0.2) is 12.6 Å². The standard InChI is InChI=1S/C17H29N/c1-5-14(3)13-17(18-6-2)12-11-16-10-8-7-9-15(16)4/h7-10,14,17-18H,5-6,11-13H2,1-4H3. The Balaban J connectivity index is 2.49. The van der Waals surface area contributed by atoms with Crippen molar-refractivity contribution in [3.8, 4) is 0 Å². The van der Waals surface area contributed by atoms with Crippen molar-refractivity contribution in [1.29, 1.82) is 0 Å². The van der Waals surface area contributed by atoms with Crippen LogP contribution in [-0.2, 0) is 6.42 Å². The topological polar surface area (TPSA) is 12.0 Å². The van der Waals surface area contributed by atoms with Crippen molar-refractivity contribution in [2.45, 2.75) is 59.4 Å². The van der Waals surface area contributed by atoms with Gasteiger partial charge in [0.15, 0.2) is 0 Å². The van der Waals surface area contributed by atoms with Gasteiger partial charge < -0.3 is 5.32 Å². The van der Waals surface area contributed by atoms with E-state index in [0.717, 1.165) is 12.5 Å². The normalized spacial score (nSPS) is 14.4. The molecule has 1 heteroatoms. The van der Waals surface area contributed by atoms with E-state index in [1.807, 2.05) is 0 Å². The van der Waals surface area contributed by atoms with Crippen molar-refractivity contribution < 1.29 is 0 Å². The molecule has 1 aromatic rings. The summed E-state index contributed by atoms with van der Waals surface area (Å²) in [6, 6.07) is 9.43. The van der Waals surface area contributed by atoms with E-state index in [0.29, 0.717) is 6.04 Å². The molecule has 1 nitrogen and oxygen atoms in total. The SMILES string of the molecule is CCNC(CCc1ccccc1C)CC(C)CC. The molecule has 2 atom stereocenters. The van der Waals surface area contributed by atoms with Crippen LogP contribution >= 0.6 is 0 Å². The molecule has 0 spiro atoms. The Morgan fingerprint density at radius 2 is 1.89 bits per heavy atom. The second-order valence-electron chi connectivity index (χ2n) is 5.47. The van der Waals surface area contributed by atoms with Crippen molar-refractivity contribution in [3.63, 3.8) is 0 Å². The third-order valence-electron chi connectivity index (χ3n) is 3.90. The summed E-state index contributed by atoms with van der Waals surface area (Å²) in [5.74, 6) is 0.825. The van der Waals surface area contributed by atoms with Gasteiger partial charge in [0.1, 0.15) is 0 Å². The zero-order valence-electron chi connectivity index (χ0n) is 12.5. The number of aryl methyl sites for hydroxylation is 2. The van der Waals surface area contributed by atoms with Crippen LogP contribution in [0.2, 0.25) is 0 Å². The first kappa shape index (κ1) is 15.2. The average Bonchev–Trinajstić information content (AvgIpc) is 2.37. The van der Waals surface area contributed by atoms with Gasteiger partial charge in [-0.1, -0.05) is 51.5 Å². The summed E-state index contributed by atoms with van der Waals surface area (Å²) in [6.07, 6.45) is 5.03. The maximum absolute atomic E-state index is 3.64. The first-order chi connectivity index (χ1) is 8.67. The van der Waals surface area contributed by atoms with Crippen LogP contribution < -0.4 is 5.32 Å². The first-order valence-corrected chi connectivity index (χ1v) is 7.45. The Labute approximate surface area is 113 Å². The molecule has 1 aromatic carbocycles. The Morgan fingerprint density at radius 1 is 1.17 bits per heavy atom. The third-order valence-corrected chi connectivity index (χ3v) is 3.90. The van der Waals surface area contributed by atoms with Crippen LogP contribution in [0.4, 0.5) is 0 Å². The molecule has 0 aliphatic carbocycles. The van der Waals surface area contributed by atoms with Gasteiger partial charge >= 0.3 is 0 Å². The van der Waals surface area contributed by atoms with Crippen LogP contribution in [0.1, 0.15) is 51.2 Å². The molecular formula is C17H29N. The molecule has 102 valence electrons. The van der Waals surface area contributed by atoms with Gasteiger partial charge in [-0.3, -0.25) is 0 Å². The van der Waals surface area contributed by atoms with Crippen LogP contribution in [0.5, 0.6) is 0 Å². The average molecular weight is 247 g/mol. The van der Waals surface area contributed by atoms with Gasteiger partial charge in [0.2, 0.25) is 0 Å². The minimum atomic E-state index is 0.671. The van der Waals surface area contributed by atoms with E-state index in [-0.39, 0.29) is 0 Å². The van der Waals surface area contributed by atoms with Crippen LogP contribution in [0, 0.1) is 12.8 Å². The van der Waals surface area contributed by atoms with Gasteiger partial charge in [0.05, 0.1) is 0 Å². The molecule has 0 saturated heterocycles. The number of nitrogens with one attached hydrogen (secondary N) is 1. The van der Waals surface area contributed by atoms with Gasteiger partial charge in [-0.15, -0.1) is 0 Å². The van der Waals surface area contributed by atoms with Gasteiger partial charge in [0.25, 0.3) is 0 Å². The Kier molecular flexibility index (Phi) is 7.04. The lowest BCUT2D eigenvalue weighted by molar-refractivity contribution is 0.382. The molecule has 0 heterocycles. The van der Waals surface area contributed by atoms with E-state index in [2.05, 4.69) is 57.3 Å². The van der Waals surface area contributed by atoms with E-state index in [9.17, 15) is 0 Å². The van der Waals surface area contributed by atoms with Crippen molar-refractivity contribution in [2.24, 2.45) is 5.92 Å². The highest BCUT2D eigenvalue weighted by Crippen LogP contribution is 2.16. The fourth-order valence-corrected chi connectivity index (χ4v) is 2.46.